The maximum absolute atomic E-state index is 13.4. The molecule has 2 aromatic rings. The Balaban J connectivity index is 1.91. The summed E-state index contributed by atoms with van der Waals surface area (Å²) < 4.78 is 13.4. The van der Waals surface area contributed by atoms with Gasteiger partial charge in [0.15, 0.2) is 0 Å². The van der Waals surface area contributed by atoms with E-state index in [2.05, 4.69) is 16.8 Å². The summed E-state index contributed by atoms with van der Waals surface area (Å²) in [5.74, 6) is 1.93. The molecule has 0 atom stereocenters. The lowest BCUT2D eigenvalue weighted by Gasteiger charge is -2.08. The Morgan fingerprint density at radius 1 is 1.11 bits per heavy atom. The fraction of sp³-hybridized carbons (Fsp3) is 0.0667. The third kappa shape index (κ3) is 3.09. The van der Waals surface area contributed by atoms with Crippen LogP contribution in [0.5, 0.6) is 0 Å². The smallest absolute Gasteiger partial charge is 0.139 e. The minimum atomic E-state index is -0.364. The van der Waals surface area contributed by atoms with Crippen LogP contribution in [0.15, 0.2) is 48.5 Å². The number of halogens is 1. The molecule has 90 valence electrons. The van der Waals surface area contributed by atoms with Crippen LogP contribution >= 0.6 is 0 Å². The van der Waals surface area contributed by atoms with E-state index in [0.717, 1.165) is 11.3 Å². The SMILES string of the molecule is C#Cc1ccc(CNNc2ccccc2)cc1F. The number of anilines is 1. The number of terminal acetylenes is 1. The second kappa shape index (κ2) is 5.85. The van der Waals surface area contributed by atoms with Crippen molar-refractivity contribution in [3.63, 3.8) is 0 Å². The van der Waals surface area contributed by atoms with Crippen molar-refractivity contribution in [2.45, 2.75) is 6.54 Å². The van der Waals surface area contributed by atoms with Gasteiger partial charge in [-0.15, -0.1) is 6.42 Å². The van der Waals surface area contributed by atoms with E-state index in [1.54, 1.807) is 12.1 Å². The Kier molecular flexibility index (Phi) is 3.95. The van der Waals surface area contributed by atoms with Crippen molar-refractivity contribution in [1.29, 1.82) is 0 Å². The molecule has 0 aliphatic heterocycles. The molecule has 0 unspecified atom stereocenters. The topological polar surface area (TPSA) is 24.1 Å². The van der Waals surface area contributed by atoms with Crippen molar-refractivity contribution < 1.29 is 4.39 Å². The summed E-state index contributed by atoms with van der Waals surface area (Å²) in [5, 5.41) is 0. The maximum Gasteiger partial charge on any atom is 0.139 e. The van der Waals surface area contributed by atoms with Gasteiger partial charge in [-0.05, 0) is 29.8 Å². The number of rotatable bonds is 4. The molecule has 0 heterocycles. The van der Waals surface area contributed by atoms with Crippen LogP contribution in [0.2, 0.25) is 0 Å². The average Bonchev–Trinajstić information content (AvgIpc) is 2.40. The van der Waals surface area contributed by atoms with E-state index < -0.39 is 0 Å². The Hall–Kier alpha value is -2.31. The Morgan fingerprint density at radius 3 is 2.56 bits per heavy atom. The fourth-order valence-electron chi connectivity index (χ4n) is 1.56. The molecule has 3 heteroatoms. The number of hydrogen-bond donors (Lipinski definition) is 2. The largest absolute Gasteiger partial charge is 0.321 e. The lowest BCUT2D eigenvalue weighted by atomic mass is 10.1. The molecule has 0 aromatic heterocycles. The first-order valence-electron chi connectivity index (χ1n) is 5.58. The van der Waals surface area contributed by atoms with Crippen LogP contribution in [0, 0.1) is 18.2 Å². The summed E-state index contributed by atoms with van der Waals surface area (Å²) in [5.41, 5.74) is 8.11. The monoisotopic (exact) mass is 240 g/mol. The van der Waals surface area contributed by atoms with Gasteiger partial charge in [-0.1, -0.05) is 30.2 Å². The zero-order valence-corrected chi connectivity index (χ0v) is 9.78. The first-order chi connectivity index (χ1) is 8.79. The molecule has 2 aromatic carbocycles. The summed E-state index contributed by atoms with van der Waals surface area (Å²) in [7, 11) is 0. The summed E-state index contributed by atoms with van der Waals surface area (Å²) in [6.45, 7) is 0.511. The molecular weight excluding hydrogens is 227 g/mol. The number of nitrogens with one attached hydrogen (secondary N) is 2. The van der Waals surface area contributed by atoms with Gasteiger partial charge in [-0.3, -0.25) is 0 Å². The molecular formula is C15H13FN2. The van der Waals surface area contributed by atoms with E-state index in [1.807, 2.05) is 30.3 Å². The standard InChI is InChI=1S/C15H13FN2/c1-2-13-9-8-12(10-15(13)16)11-17-18-14-6-4-3-5-7-14/h1,3-10,17-18H,11H2. The van der Waals surface area contributed by atoms with Crippen molar-refractivity contribution in [2.75, 3.05) is 5.43 Å². The fourth-order valence-corrected chi connectivity index (χ4v) is 1.56. The van der Waals surface area contributed by atoms with Gasteiger partial charge < -0.3 is 5.43 Å². The summed E-state index contributed by atoms with van der Waals surface area (Å²) in [6, 6.07) is 14.5. The molecule has 0 aliphatic rings. The molecule has 2 N–H and O–H groups in total. The van der Waals surface area contributed by atoms with Crippen LogP contribution in [0.1, 0.15) is 11.1 Å². The van der Waals surface area contributed by atoms with E-state index in [0.29, 0.717) is 6.54 Å². The zero-order chi connectivity index (χ0) is 12.8. The molecule has 2 nitrogen and oxygen atoms in total. The van der Waals surface area contributed by atoms with Crippen LogP contribution in [0.25, 0.3) is 0 Å². The zero-order valence-electron chi connectivity index (χ0n) is 9.78. The highest BCUT2D eigenvalue weighted by molar-refractivity contribution is 5.41. The van der Waals surface area contributed by atoms with Crippen LogP contribution < -0.4 is 10.9 Å². The minimum Gasteiger partial charge on any atom is -0.321 e. The number of hydrogen-bond acceptors (Lipinski definition) is 2. The number of para-hydroxylation sites is 1. The van der Waals surface area contributed by atoms with E-state index in [-0.39, 0.29) is 11.4 Å². The van der Waals surface area contributed by atoms with Gasteiger partial charge in [-0.2, -0.15) is 0 Å². The first-order valence-corrected chi connectivity index (χ1v) is 5.58. The molecule has 0 fully saturated rings. The molecule has 0 aliphatic carbocycles. The van der Waals surface area contributed by atoms with Gasteiger partial charge in [0.05, 0.1) is 5.56 Å². The van der Waals surface area contributed by atoms with Crippen molar-refractivity contribution in [2.24, 2.45) is 0 Å². The van der Waals surface area contributed by atoms with E-state index in [4.69, 9.17) is 6.42 Å². The molecule has 0 saturated heterocycles. The molecule has 2 rings (SSSR count). The lowest BCUT2D eigenvalue weighted by Crippen LogP contribution is -2.20. The quantitative estimate of drug-likeness (QED) is 0.634. The Bertz CT molecular complexity index is 558. The average molecular weight is 240 g/mol. The van der Waals surface area contributed by atoms with Gasteiger partial charge in [0, 0.05) is 12.2 Å². The van der Waals surface area contributed by atoms with Crippen LogP contribution in [-0.2, 0) is 6.54 Å². The maximum atomic E-state index is 13.4. The van der Waals surface area contributed by atoms with Crippen LogP contribution in [0.3, 0.4) is 0 Å². The van der Waals surface area contributed by atoms with Crippen molar-refractivity contribution >= 4 is 5.69 Å². The number of benzene rings is 2. The molecule has 18 heavy (non-hydrogen) atoms. The highest BCUT2D eigenvalue weighted by Gasteiger charge is 2.00. The number of hydrazine groups is 1. The highest BCUT2D eigenvalue weighted by atomic mass is 19.1. The summed E-state index contributed by atoms with van der Waals surface area (Å²) >= 11 is 0. The molecule has 0 saturated carbocycles. The molecule has 0 spiro atoms. The van der Waals surface area contributed by atoms with Gasteiger partial charge in [-0.25, -0.2) is 9.82 Å². The van der Waals surface area contributed by atoms with Crippen molar-refractivity contribution in [1.82, 2.24) is 5.43 Å². The minimum absolute atomic E-state index is 0.287. The molecule has 0 radical (unpaired) electrons. The van der Waals surface area contributed by atoms with Gasteiger partial charge in [0.1, 0.15) is 5.82 Å². The second-order valence-electron chi connectivity index (χ2n) is 3.80. The van der Waals surface area contributed by atoms with E-state index >= 15 is 0 Å². The highest BCUT2D eigenvalue weighted by Crippen LogP contribution is 2.09. The van der Waals surface area contributed by atoms with Crippen molar-refractivity contribution in [3.8, 4) is 12.3 Å². The van der Waals surface area contributed by atoms with E-state index in [1.165, 1.54) is 6.07 Å². The van der Waals surface area contributed by atoms with Crippen molar-refractivity contribution in [3.05, 3.63) is 65.5 Å². The predicted molar refractivity (Wildman–Crippen MR) is 71.2 cm³/mol. The van der Waals surface area contributed by atoms with Gasteiger partial charge >= 0.3 is 0 Å². The van der Waals surface area contributed by atoms with Gasteiger partial charge in [0.25, 0.3) is 0 Å². The molecule has 0 bridgehead atoms. The summed E-state index contributed by atoms with van der Waals surface area (Å²) in [6.07, 6.45) is 5.16. The second-order valence-corrected chi connectivity index (χ2v) is 3.80. The first kappa shape index (κ1) is 12.2. The third-order valence-electron chi connectivity index (χ3n) is 2.49. The van der Waals surface area contributed by atoms with Crippen LogP contribution in [-0.4, -0.2) is 0 Å². The van der Waals surface area contributed by atoms with E-state index in [9.17, 15) is 4.39 Å². The lowest BCUT2D eigenvalue weighted by molar-refractivity contribution is 0.620. The molecule has 0 amide bonds. The van der Waals surface area contributed by atoms with Crippen LogP contribution in [0.4, 0.5) is 10.1 Å². The summed E-state index contributed by atoms with van der Waals surface area (Å²) in [4.78, 5) is 0. The third-order valence-corrected chi connectivity index (χ3v) is 2.49. The Labute approximate surface area is 106 Å². The normalized spacial score (nSPS) is 9.78. The predicted octanol–water partition coefficient (Wildman–Crippen LogP) is 2.92. The van der Waals surface area contributed by atoms with Gasteiger partial charge in [0.2, 0.25) is 0 Å². The Morgan fingerprint density at radius 2 is 1.89 bits per heavy atom.